The van der Waals surface area contributed by atoms with Gasteiger partial charge in [-0.15, -0.1) is 6.58 Å². The molecule has 1 amide bonds. The molecule has 134 valence electrons. The number of rotatable bonds is 5. The first-order valence-electron chi connectivity index (χ1n) is 8.12. The van der Waals surface area contributed by atoms with E-state index < -0.39 is 0 Å². The Morgan fingerprint density at radius 2 is 2.19 bits per heavy atom. The van der Waals surface area contributed by atoms with E-state index in [2.05, 4.69) is 32.0 Å². The van der Waals surface area contributed by atoms with Crippen molar-refractivity contribution in [1.29, 1.82) is 0 Å². The summed E-state index contributed by atoms with van der Waals surface area (Å²) in [5.41, 5.74) is 0.839. The van der Waals surface area contributed by atoms with Gasteiger partial charge in [-0.3, -0.25) is 9.36 Å². The molecule has 0 aromatic carbocycles. The van der Waals surface area contributed by atoms with Crippen LogP contribution in [0.2, 0.25) is 0 Å². The van der Waals surface area contributed by atoms with Gasteiger partial charge in [-0.2, -0.15) is 4.98 Å². The summed E-state index contributed by atoms with van der Waals surface area (Å²) in [6, 6.07) is 3.59. The van der Waals surface area contributed by atoms with Crippen molar-refractivity contribution in [1.82, 2.24) is 30.0 Å². The average Bonchev–Trinajstić information content (AvgIpc) is 3.29. The minimum absolute atomic E-state index is 0.199. The fourth-order valence-electron chi connectivity index (χ4n) is 2.16. The van der Waals surface area contributed by atoms with Crippen molar-refractivity contribution in [2.24, 2.45) is 0 Å². The van der Waals surface area contributed by atoms with Gasteiger partial charge in [0.15, 0.2) is 5.82 Å². The summed E-state index contributed by atoms with van der Waals surface area (Å²) in [7, 11) is 0. The molecule has 0 atom stereocenters. The Balaban J connectivity index is 1.86. The molecule has 8 heteroatoms. The van der Waals surface area contributed by atoms with Crippen LogP contribution in [0.5, 0.6) is 0 Å². The number of carbonyl (C=O) groups excluding carboxylic acids is 1. The Morgan fingerprint density at radius 1 is 1.38 bits per heavy atom. The third-order valence-electron chi connectivity index (χ3n) is 3.58. The van der Waals surface area contributed by atoms with Crippen LogP contribution in [-0.2, 0) is 5.41 Å². The quantitative estimate of drug-likeness (QED) is 0.709. The zero-order valence-electron chi connectivity index (χ0n) is 14.9. The van der Waals surface area contributed by atoms with Crippen molar-refractivity contribution in [3.63, 3.8) is 0 Å². The van der Waals surface area contributed by atoms with Gasteiger partial charge in [0, 0.05) is 29.9 Å². The van der Waals surface area contributed by atoms with E-state index >= 15 is 0 Å². The van der Waals surface area contributed by atoms with E-state index in [1.54, 1.807) is 35.2 Å². The van der Waals surface area contributed by atoms with Crippen molar-refractivity contribution in [3.05, 3.63) is 55.0 Å². The summed E-state index contributed by atoms with van der Waals surface area (Å²) in [6.45, 7) is 10.00. The van der Waals surface area contributed by atoms with Crippen LogP contribution in [0.3, 0.4) is 0 Å². The Morgan fingerprint density at radius 3 is 2.88 bits per heavy atom. The highest BCUT2D eigenvalue weighted by atomic mass is 16.5. The first-order chi connectivity index (χ1) is 12.4. The van der Waals surface area contributed by atoms with Crippen LogP contribution in [0.1, 0.15) is 37.1 Å². The minimum atomic E-state index is -0.272. The van der Waals surface area contributed by atoms with E-state index in [0.717, 1.165) is 5.56 Å². The van der Waals surface area contributed by atoms with Gasteiger partial charge in [0.25, 0.3) is 11.8 Å². The van der Waals surface area contributed by atoms with Crippen LogP contribution in [0.4, 0.5) is 0 Å². The first-order valence-corrected chi connectivity index (χ1v) is 8.12. The summed E-state index contributed by atoms with van der Waals surface area (Å²) in [6.07, 6.45) is 6.39. The fourth-order valence-corrected chi connectivity index (χ4v) is 2.16. The van der Waals surface area contributed by atoms with Crippen LogP contribution >= 0.6 is 0 Å². The molecule has 0 saturated carbocycles. The molecular formula is C18H20N6O2. The van der Waals surface area contributed by atoms with Gasteiger partial charge in [0.05, 0.1) is 0 Å². The number of amides is 1. The third kappa shape index (κ3) is 3.69. The van der Waals surface area contributed by atoms with Crippen LogP contribution in [0, 0.1) is 0 Å². The van der Waals surface area contributed by atoms with E-state index in [1.807, 2.05) is 20.8 Å². The third-order valence-corrected chi connectivity index (χ3v) is 3.58. The van der Waals surface area contributed by atoms with E-state index in [9.17, 15) is 4.79 Å². The predicted molar refractivity (Wildman–Crippen MR) is 95.9 cm³/mol. The number of pyridine rings is 1. The molecule has 3 heterocycles. The van der Waals surface area contributed by atoms with E-state index in [1.165, 1.54) is 6.33 Å². The second kappa shape index (κ2) is 6.91. The standard InChI is InChI=1S/C18H20N6O2/c1-5-7-20-15(25)13-10-24(11-21-13)14-9-12(6-8-19-14)16-22-17(23-26-16)18(2,3)4/h5-6,8-11H,1,7H2,2-4H3,(H,20,25). The molecule has 0 saturated heterocycles. The molecule has 0 bridgehead atoms. The predicted octanol–water partition coefficient (Wildman–Crippen LogP) is 2.53. The van der Waals surface area contributed by atoms with Gasteiger partial charge >= 0.3 is 0 Å². The summed E-state index contributed by atoms with van der Waals surface area (Å²) in [4.78, 5) is 24.8. The van der Waals surface area contributed by atoms with Gasteiger partial charge in [0.1, 0.15) is 17.8 Å². The van der Waals surface area contributed by atoms with Gasteiger partial charge < -0.3 is 9.84 Å². The largest absolute Gasteiger partial charge is 0.347 e. The smallest absolute Gasteiger partial charge is 0.271 e. The molecule has 3 aromatic rings. The lowest BCUT2D eigenvalue weighted by atomic mass is 9.96. The molecule has 3 rings (SSSR count). The van der Waals surface area contributed by atoms with Crippen LogP contribution in [0.15, 0.2) is 48.0 Å². The topological polar surface area (TPSA) is 98.7 Å². The molecule has 0 fully saturated rings. The number of carbonyl (C=O) groups is 1. The molecule has 0 aliphatic carbocycles. The Bertz CT molecular complexity index is 935. The summed E-state index contributed by atoms with van der Waals surface area (Å²) in [5, 5.41) is 6.72. The van der Waals surface area contributed by atoms with Crippen molar-refractivity contribution in [2.75, 3.05) is 6.54 Å². The maximum atomic E-state index is 11.9. The molecule has 26 heavy (non-hydrogen) atoms. The van der Waals surface area contributed by atoms with Gasteiger partial charge in [-0.05, 0) is 12.1 Å². The van der Waals surface area contributed by atoms with Gasteiger partial charge in [-0.25, -0.2) is 9.97 Å². The average molecular weight is 352 g/mol. The SMILES string of the molecule is C=CCNC(=O)c1cn(-c2cc(-c3nc(C(C)(C)C)no3)ccn2)cn1. The van der Waals surface area contributed by atoms with E-state index in [0.29, 0.717) is 29.8 Å². The molecule has 0 aliphatic heterocycles. The summed E-state index contributed by atoms with van der Waals surface area (Å²) in [5.74, 6) is 1.37. The van der Waals surface area contributed by atoms with Crippen molar-refractivity contribution >= 4 is 5.91 Å². The highest BCUT2D eigenvalue weighted by Crippen LogP contribution is 2.24. The fraction of sp³-hybridized carbons (Fsp3) is 0.278. The molecule has 0 spiro atoms. The lowest BCUT2D eigenvalue weighted by Crippen LogP contribution is -2.23. The van der Waals surface area contributed by atoms with Crippen molar-refractivity contribution < 1.29 is 9.32 Å². The Labute approximate surface area is 151 Å². The number of nitrogens with one attached hydrogen (secondary N) is 1. The number of imidazole rings is 1. The van der Waals surface area contributed by atoms with Crippen molar-refractivity contribution in [3.8, 4) is 17.3 Å². The first kappa shape index (κ1) is 17.5. The second-order valence-electron chi connectivity index (χ2n) is 6.74. The van der Waals surface area contributed by atoms with Crippen molar-refractivity contribution in [2.45, 2.75) is 26.2 Å². The number of hydrogen-bond acceptors (Lipinski definition) is 6. The Hall–Kier alpha value is -3.29. The van der Waals surface area contributed by atoms with Crippen LogP contribution in [-0.4, -0.2) is 37.1 Å². The van der Waals surface area contributed by atoms with Crippen LogP contribution < -0.4 is 5.32 Å². The number of aromatic nitrogens is 5. The van der Waals surface area contributed by atoms with Gasteiger partial charge in [-0.1, -0.05) is 32.0 Å². The minimum Gasteiger partial charge on any atom is -0.347 e. The monoisotopic (exact) mass is 352 g/mol. The molecule has 8 nitrogen and oxygen atoms in total. The zero-order chi connectivity index (χ0) is 18.7. The van der Waals surface area contributed by atoms with E-state index in [-0.39, 0.29) is 11.3 Å². The van der Waals surface area contributed by atoms with Crippen LogP contribution in [0.25, 0.3) is 17.3 Å². The highest BCUT2D eigenvalue weighted by Gasteiger charge is 2.21. The number of nitrogens with zero attached hydrogens (tertiary/aromatic N) is 5. The molecule has 0 radical (unpaired) electrons. The van der Waals surface area contributed by atoms with Gasteiger partial charge in [0.2, 0.25) is 0 Å². The zero-order valence-corrected chi connectivity index (χ0v) is 14.9. The second-order valence-corrected chi connectivity index (χ2v) is 6.74. The molecule has 3 aromatic heterocycles. The lowest BCUT2D eigenvalue weighted by Gasteiger charge is -2.10. The highest BCUT2D eigenvalue weighted by molar-refractivity contribution is 5.92. The van der Waals surface area contributed by atoms with E-state index in [4.69, 9.17) is 4.52 Å². The summed E-state index contributed by atoms with van der Waals surface area (Å²) < 4.78 is 7.03. The molecular weight excluding hydrogens is 332 g/mol. The summed E-state index contributed by atoms with van der Waals surface area (Å²) >= 11 is 0. The maximum absolute atomic E-state index is 11.9. The maximum Gasteiger partial charge on any atom is 0.271 e. The molecule has 0 unspecified atom stereocenters. The lowest BCUT2D eigenvalue weighted by molar-refractivity contribution is 0.0953. The number of hydrogen-bond donors (Lipinski definition) is 1. The molecule has 1 N–H and O–H groups in total. The molecule has 0 aliphatic rings. The Kier molecular flexibility index (Phi) is 4.66. The normalized spacial score (nSPS) is 11.3.